The largest absolute Gasteiger partial charge is 0.393 e. The minimum atomic E-state index is -0.115. The second-order valence-corrected chi connectivity index (χ2v) is 5.39. The van der Waals surface area contributed by atoms with E-state index in [1.54, 1.807) is 0 Å². The van der Waals surface area contributed by atoms with Gasteiger partial charge in [-0.05, 0) is 42.9 Å². The van der Waals surface area contributed by atoms with Crippen LogP contribution in [-0.2, 0) is 6.54 Å². The van der Waals surface area contributed by atoms with Crippen molar-refractivity contribution < 1.29 is 5.11 Å². The molecule has 1 aromatic carbocycles. The van der Waals surface area contributed by atoms with Crippen molar-refractivity contribution in [1.29, 1.82) is 0 Å². The number of rotatable bonds is 4. The van der Waals surface area contributed by atoms with Gasteiger partial charge < -0.3 is 10.4 Å². The third kappa shape index (κ3) is 3.44. The summed E-state index contributed by atoms with van der Waals surface area (Å²) in [4.78, 5) is 0. The highest BCUT2D eigenvalue weighted by molar-refractivity contribution is 6.31. The Morgan fingerprint density at radius 1 is 1.41 bits per heavy atom. The predicted octanol–water partition coefficient (Wildman–Crippen LogP) is 2.90. The summed E-state index contributed by atoms with van der Waals surface area (Å²) in [6.45, 7) is 3.70. The number of hydrogen-bond acceptors (Lipinski definition) is 2. The van der Waals surface area contributed by atoms with E-state index in [9.17, 15) is 5.11 Å². The van der Waals surface area contributed by atoms with Crippen LogP contribution >= 0.6 is 11.6 Å². The summed E-state index contributed by atoms with van der Waals surface area (Å²) < 4.78 is 0. The van der Waals surface area contributed by atoms with Gasteiger partial charge in [-0.25, -0.2) is 0 Å². The maximum absolute atomic E-state index is 9.71. The molecule has 0 bridgehead atoms. The summed E-state index contributed by atoms with van der Waals surface area (Å²) in [5.41, 5.74) is 2.31. The number of aliphatic hydroxyl groups is 1. The number of halogens is 1. The molecule has 3 heteroatoms. The lowest BCUT2D eigenvalue weighted by atomic mass is 10.1. The van der Waals surface area contributed by atoms with E-state index < -0.39 is 0 Å². The predicted molar refractivity (Wildman–Crippen MR) is 71.2 cm³/mol. The van der Waals surface area contributed by atoms with Gasteiger partial charge in [0.2, 0.25) is 0 Å². The maximum Gasteiger partial charge on any atom is 0.0580 e. The molecule has 1 aliphatic rings. The topological polar surface area (TPSA) is 32.3 Å². The molecule has 1 aromatic rings. The fourth-order valence-electron chi connectivity index (χ4n) is 2.44. The van der Waals surface area contributed by atoms with E-state index in [0.29, 0.717) is 5.92 Å². The third-order valence-corrected chi connectivity index (χ3v) is 3.90. The van der Waals surface area contributed by atoms with E-state index in [2.05, 4.69) is 17.4 Å². The Bertz CT molecular complexity index is 380. The van der Waals surface area contributed by atoms with Crippen LogP contribution in [0.4, 0.5) is 0 Å². The van der Waals surface area contributed by atoms with Crippen LogP contribution < -0.4 is 5.32 Å². The fourth-order valence-corrected chi connectivity index (χ4v) is 2.75. The maximum atomic E-state index is 9.71. The van der Waals surface area contributed by atoms with E-state index in [4.69, 9.17) is 11.6 Å². The molecule has 0 saturated heterocycles. The van der Waals surface area contributed by atoms with Crippen LogP contribution in [0, 0.1) is 12.8 Å². The second kappa shape index (κ2) is 5.85. The van der Waals surface area contributed by atoms with Crippen molar-refractivity contribution in [3.05, 3.63) is 34.3 Å². The van der Waals surface area contributed by atoms with Gasteiger partial charge >= 0.3 is 0 Å². The monoisotopic (exact) mass is 253 g/mol. The zero-order valence-electron chi connectivity index (χ0n) is 10.2. The van der Waals surface area contributed by atoms with Crippen molar-refractivity contribution in [2.45, 2.75) is 38.8 Å². The lowest BCUT2D eigenvalue weighted by Gasteiger charge is -2.15. The molecule has 2 N–H and O–H groups in total. The highest BCUT2D eigenvalue weighted by Crippen LogP contribution is 2.25. The molecule has 1 aliphatic carbocycles. The van der Waals surface area contributed by atoms with Crippen molar-refractivity contribution in [2.75, 3.05) is 6.54 Å². The van der Waals surface area contributed by atoms with Crippen LogP contribution in [0.15, 0.2) is 18.2 Å². The lowest BCUT2D eigenvalue weighted by Crippen LogP contribution is -2.27. The summed E-state index contributed by atoms with van der Waals surface area (Å²) >= 11 is 6.16. The molecule has 2 nitrogen and oxygen atoms in total. The van der Waals surface area contributed by atoms with E-state index in [1.807, 2.05) is 13.0 Å². The minimum absolute atomic E-state index is 0.115. The molecule has 0 radical (unpaired) electrons. The van der Waals surface area contributed by atoms with Crippen LogP contribution in [0.25, 0.3) is 0 Å². The van der Waals surface area contributed by atoms with E-state index in [0.717, 1.165) is 42.9 Å². The van der Waals surface area contributed by atoms with Gasteiger partial charge in [0.1, 0.15) is 0 Å². The van der Waals surface area contributed by atoms with Crippen LogP contribution in [0.2, 0.25) is 5.02 Å². The molecule has 0 aromatic heterocycles. The molecule has 2 atom stereocenters. The first-order valence-electron chi connectivity index (χ1n) is 6.30. The van der Waals surface area contributed by atoms with Crippen molar-refractivity contribution in [3.8, 4) is 0 Å². The summed E-state index contributed by atoms with van der Waals surface area (Å²) in [6.07, 6.45) is 3.13. The van der Waals surface area contributed by atoms with Crippen molar-refractivity contribution in [2.24, 2.45) is 5.92 Å². The number of aliphatic hydroxyl groups excluding tert-OH is 1. The van der Waals surface area contributed by atoms with Crippen LogP contribution in [-0.4, -0.2) is 17.8 Å². The molecule has 1 saturated carbocycles. The molecular formula is C14H20ClNO. The van der Waals surface area contributed by atoms with E-state index >= 15 is 0 Å². The molecular weight excluding hydrogens is 234 g/mol. The molecule has 0 spiro atoms. The average Bonchev–Trinajstić information content (AvgIpc) is 2.68. The van der Waals surface area contributed by atoms with Gasteiger partial charge in [0, 0.05) is 18.1 Å². The SMILES string of the molecule is Cc1ccc(CNCC2CCCC2O)c(Cl)c1. The zero-order valence-corrected chi connectivity index (χ0v) is 11.0. The Hall–Kier alpha value is -0.570. The van der Waals surface area contributed by atoms with Gasteiger partial charge in [-0.3, -0.25) is 0 Å². The van der Waals surface area contributed by atoms with Crippen LogP contribution in [0.5, 0.6) is 0 Å². The number of benzene rings is 1. The molecule has 2 unspecified atom stereocenters. The normalized spacial score (nSPS) is 24.2. The molecule has 0 heterocycles. The first-order chi connectivity index (χ1) is 8.16. The van der Waals surface area contributed by atoms with E-state index in [-0.39, 0.29) is 6.10 Å². The molecule has 1 fully saturated rings. The van der Waals surface area contributed by atoms with Crippen LogP contribution in [0.3, 0.4) is 0 Å². The van der Waals surface area contributed by atoms with Gasteiger partial charge in [-0.1, -0.05) is 30.2 Å². The van der Waals surface area contributed by atoms with Crippen molar-refractivity contribution >= 4 is 11.6 Å². The van der Waals surface area contributed by atoms with Crippen molar-refractivity contribution in [1.82, 2.24) is 5.32 Å². The van der Waals surface area contributed by atoms with Crippen LogP contribution in [0.1, 0.15) is 30.4 Å². The van der Waals surface area contributed by atoms with Gasteiger partial charge in [0.15, 0.2) is 0 Å². The molecule has 2 rings (SSSR count). The molecule has 0 aliphatic heterocycles. The standard InChI is InChI=1S/C14H20ClNO/c1-10-5-6-11(13(15)7-10)8-16-9-12-3-2-4-14(12)17/h5-7,12,14,16-17H,2-4,8-9H2,1H3. The van der Waals surface area contributed by atoms with Gasteiger partial charge in [0.05, 0.1) is 6.10 Å². The number of nitrogens with one attached hydrogen (secondary N) is 1. The smallest absolute Gasteiger partial charge is 0.0580 e. The quantitative estimate of drug-likeness (QED) is 0.865. The summed E-state index contributed by atoms with van der Waals surface area (Å²) in [7, 11) is 0. The van der Waals surface area contributed by atoms with Gasteiger partial charge in [-0.2, -0.15) is 0 Å². The Labute approximate surface area is 108 Å². The summed E-state index contributed by atoms with van der Waals surface area (Å²) in [5.74, 6) is 0.416. The molecule has 94 valence electrons. The number of hydrogen-bond donors (Lipinski definition) is 2. The Morgan fingerprint density at radius 2 is 2.24 bits per heavy atom. The highest BCUT2D eigenvalue weighted by atomic mass is 35.5. The second-order valence-electron chi connectivity index (χ2n) is 4.98. The summed E-state index contributed by atoms with van der Waals surface area (Å²) in [5, 5.41) is 13.9. The molecule has 0 amide bonds. The lowest BCUT2D eigenvalue weighted by molar-refractivity contribution is 0.131. The average molecular weight is 254 g/mol. The molecule has 17 heavy (non-hydrogen) atoms. The number of aryl methyl sites for hydroxylation is 1. The summed E-state index contributed by atoms with van der Waals surface area (Å²) in [6, 6.07) is 6.13. The van der Waals surface area contributed by atoms with Crippen molar-refractivity contribution in [3.63, 3.8) is 0 Å². The first-order valence-corrected chi connectivity index (χ1v) is 6.68. The minimum Gasteiger partial charge on any atom is -0.393 e. The Morgan fingerprint density at radius 3 is 2.88 bits per heavy atom. The Balaban J connectivity index is 1.81. The highest BCUT2D eigenvalue weighted by Gasteiger charge is 2.24. The first kappa shape index (κ1) is 12.9. The Kier molecular flexibility index (Phi) is 4.43. The van der Waals surface area contributed by atoms with Gasteiger partial charge in [0.25, 0.3) is 0 Å². The van der Waals surface area contributed by atoms with E-state index in [1.165, 1.54) is 5.56 Å². The zero-order chi connectivity index (χ0) is 12.3. The third-order valence-electron chi connectivity index (χ3n) is 3.55. The van der Waals surface area contributed by atoms with Gasteiger partial charge in [-0.15, -0.1) is 0 Å². The fraction of sp³-hybridized carbons (Fsp3) is 0.571.